The van der Waals surface area contributed by atoms with Gasteiger partial charge < -0.3 is 4.57 Å². The van der Waals surface area contributed by atoms with Gasteiger partial charge in [0.25, 0.3) is 0 Å². The van der Waals surface area contributed by atoms with E-state index in [1.807, 2.05) is 30.5 Å². The lowest BCUT2D eigenvalue weighted by Gasteiger charge is -2.02. The molecule has 0 aliphatic carbocycles. The van der Waals surface area contributed by atoms with E-state index in [0.717, 1.165) is 5.69 Å². The number of para-hydroxylation sites is 1. The molecule has 0 saturated heterocycles. The quantitative estimate of drug-likeness (QED) is 0.581. The summed E-state index contributed by atoms with van der Waals surface area (Å²) in [7, 11) is 0. The normalized spacial score (nSPS) is 10.7. The highest BCUT2D eigenvalue weighted by atomic mass is 15.0. The number of pyridine rings is 1. The Bertz CT molecular complexity index is 582. The van der Waals surface area contributed by atoms with Crippen molar-refractivity contribution in [1.82, 2.24) is 9.55 Å². The molecule has 1 radical (unpaired) electrons. The first kappa shape index (κ1) is 8.24. The van der Waals surface area contributed by atoms with Crippen molar-refractivity contribution in [3.05, 3.63) is 61.1 Å². The van der Waals surface area contributed by atoms with Crippen molar-refractivity contribution in [2.24, 2.45) is 0 Å². The van der Waals surface area contributed by atoms with Gasteiger partial charge in [0.1, 0.15) is 6.20 Å². The van der Waals surface area contributed by atoms with Gasteiger partial charge in [-0.15, -0.1) is 0 Å². The zero-order chi connectivity index (χ0) is 10.1. The number of hydrogen-bond donors (Lipinski definition) is 0. The second-order valence-electron chi connectivity index (χ2n) is 3.38. The third kappa shape index (κ3) is 1.31. The minimum atomic E-state index is 0.971. The number of aromatic nitrogens is 2. The number of fused-ring (bicyclic) bond motifs is 1. The van der Waals surface area contributed by atoms with Crippen LogP contribution in [0.4, 0.5) is 0 Å². The van der Waals surface area contributed by atoms with Crippen molar-refractivity contribution >= 4 is 10.9 Å². The molecule has 2 aromatic heterocycles. The average molecular weight is 193 g/mol. The van der Waals surface area contributed by atoms with Crippen LogP contribution in [0.25, 0.3) is 16.6 Å². The maximum Gasteiger partial charge on any atom is 0.115 e. The van der Waals surface area contributed by atoms with Gasteiger partial charge >= 0.3 is 0 Å². The van der Waals surface area contributed by atoms with Crippen molar-refractivity contribution in [3.63, 3.8) is 0 Å². The van der Waals surface area contributed by atoms with Gasteiger partial charge in [-0.25, -0.2) is 0 Å². The van der Waals surface area contributed by atoms with E-state index < -0.39 is 0 Å². The van der Waals surface area contributed by atoms with E-state index in [-0.39, 0.29) is 0 Å². The Labute approximate surface area is 87.8 Å². The molecule has 0 aliphatic heterocycles. The maximum atomic E-state index is 4.00. The average Bonchev–Trinajstić information content (AvgIpc) is 2.74. The largest absolute Gasteiger partial charge is 0.314 e. The topological polar surface area (TPSA) is 17.8 Å². The van der Waals surface area contributed by atoms with Gasteiger partial charge in [0.2, 0.25) is 0 Å². The minimum absolute atomic E-state index is 0.971. The van der Waals surface area contributed by atoms with E-state index >= 15 is 0 Å². The molecule has 0 saturated carbocycles. The molecule has 0 bridgehead atoms. The molecule has 3 aromatic rings. The van der Waals surface area contributed by atoms with Crippen molar-refractivity contribution in [2.45, 2.75) is 0 Å². The summed E-state index contributed by atoms with van der Waals surface area (Å²) in [6.45, 7) is 0. The molecule has 0 fully saturated rings. The fraction of sp³-hybridized carbons (Fsp3) is 0. The molecule has 0 aliphatic rings. The van der Waals surface area contributed by atoms with Gasteiger partial charge in [0.05, 0.1) is 11.2 Å². The highest BCUT2D eigenvalue weighted by molar-refractivity contribution is 5.81. The lowest BCUT2D eigenvalue weighted by Crippen LogP contribution is -1.91. The fourth-order valence-electron chi connectivity index (χ4n) is 1.75. The van der Waals surface area contributed by atoms with E-state index in [9.17, 15) is 0 Å². The third-order valence-electron chi connectivity index (χ3n) is 2.45. The summed E-state index contributed by atoms with van der Waals surface area (Å²) in [6, 6.07) is 14.3. The molecule has 2 nitrogen and oxygen atoms in total. The Kier molecular flexibility index (Phi) is 1.78. The monoisotopic (exact) mass is 193 g/mol. The minimum Gasteiger partial charge on any atom is -0.314 e. The van der Waals surface area contributed by atoms with E-state index in [0.29, 0.717) is 0 Å². The summed E-state index contributed by atoms with van der Waals surface area (Å²) >= 11 is 0. The smallest absolute Gasteiger partial charge is 0.115 e. The van der Waals surface area contributed by atoms with E-state index in [1.165, 1.54) is 10.9 Å². The Morgan fingerprint density at radius 1 is 1.00 bits per heavy atom. The summed E-state index contributed by atoms with van der Waals surface area (Å²) in [5.74, 6) is 0. The fourth-order valence-corrected chi connectivity index (χ4v) is 1.75. The van der Waals surface area contributed by atoms with E-state index in [1.54, 1.807) is 6.20 Å². The van der Waals surface area contributed by atoms with Crippen LogP contribution in [0.5, 0.6) is 0 Å². The molecule has 0 unspecified atom stereocenters. The van der Waals surface area contributed by atoms with Gasteiger partial charge in [0.15, 0.2) is 0 Å². The first-order chi connectivity index (χ1) is 7.45. The SMILES string of the molecule is [c]1ncccc1-n1ccc2ccccc21. The molecule has 2 heterocycles. The number of rotatable bonds is 1. The summed E-state index contributed by atoms with van der Waals surface area (Å²) in [5, 5.41) is 1.23. The zero-order valence-electron chi connectivity index (χ0n) is 8.09. The predicted molar refractivity (Wildman–Crippen MR) is 59.9 cm³/mol. The van der Waals surface area contributed by atoms with Gasteiger partial charge in [-0.1, -0.05) is 18.2 Å². The second kappa shape index (κ2) is 3.24. The molecule has 1 aromatic carbocycles. The first-order valence-electron chi connectivity index (χ1n) is 4.84. The molecule has 0 amide bonds. The molecule has 15 heavy (non-hydrogen) atoms. The molecule has 0 atom stereocenters. The summed E-state index contributed by atoms with van der Waals surface area (Å²) in [4.78, 5) is 4.00. The van der Waals surface area contributed by atoms with Crippen LogP contribution in [-0.4, -0.2) is 9.55 Å². The first-order valence-corrected chi connectivity index (χ1v) is 4.84. The van der Waals surface area contributed by atoms with Gasteiger partial charge in [-0.2, -0.15) is 0 Å². The molecular weight excluding hydrogens is 184 g/mol. The summed E-state index contributed by atoms with van der Waals surface area (Å²) in [5.41, 5.74) is 2.15. The standard InChI is InChI=1S/C13H9N2/c1-2-6-13-11(4-1)7-9-15(13)12-5-3-8-14-10-12/h1-9H. The van der Waals surface area contributed by atoms with Crippen molar-refractivity contribution in [2.75, 3.05) is 0 Å². The lowest BCUT2D eigenvalue weighted by atomic mass is 10.2. The predicted octanol–water partition coefficient (Wildman–Crippen LogP) is 2.83. The van der Waals surface area contributed by atoms with E-state index in [2.05, 4.69) is 33.9 Å². The molecular formula is C13H9N2. The van der Waals surface area contributed by atoms with Gasteiger partial charge in [-0.3, -0.25) is 4.98 Å². The van der Waals surface area contributed by atoms with Crippen molar-refractivity contribution in [3.8, 4) is 5.69 Å². The Hall–Kier alpha value is -2.09. The lowest BCUT2D eigenvalue weighted by molar-refractivity contribution is 1.09. The van der Waals surface area contributed by atoms with Crippen LogP contribution < -0.4 is 0 Å². The summed E-state index contributed by atoms with van der Waals surface area (Å²) < 4.78 is 2.09. The van der Waals surface area contributed by atoms with Crippen LogP contribution in [0.2, 0.25) is 0 Å². The molecule has 71 valence electrons. The molecule has 0 N–H and O–H groups in total. The highest BCUT2D eigenvalue weighted by Gasteiger charge is 2.01. The summed E-state index contributed by atoms with van der Waals surface area (Å²) in [6.07, 6.45) is 6.75. The highest BCUT2D eigenvalue weighted by Crippen LogP contribution is 2.18. The van der Waals surface area contributed by atoms with Crippen LogP contribution >= 0.6 is 0 Å². The van der Waals surface area contributed by atoms with E-state index in [4.69, 9.17) is 0 Å². The molecule has 3 rings (SSSR count). The van der Waals surface area contributed by atoms with Crippen LogP contribution in [0.15, 0.2) is 54.9 Å². The van der Waals surface area contributed by atoms with Crippen LogP contribution in [0.3, 0.4) is 0 Å². The number of hydrogen-bond acceptors (Lipinski definition) is 1. The van der Waals surface area contributed by atoms with Crippen LogP contribution in [0.1, 0.15) is 0 Å². The van der Waals surface area contributed by atoms with Gasteiger partial charge in [-0.05, 0) is 29.7 Å². The number of benzene rings is 1. The second-order valence-corrected chi connectivity index (χ2v) is 3.38. The zero-order valence-corrected chi connectivity index (χ0v) is 8.09. The third-order valence-corrected chi connectivity index (χ3v) is 2.45. The Morgan fingerprint density at radius 2 is 1.93 bits per heavy atom. The Balaban J connectivity index is 2.28. The van der Waals surface area contributed by atoms with Crippen molar-refractivity contribution in [1.29, 1.82) is 0 Å². The maximum absolute atomic E-state index is 4.00. The van der Waals surface area contributed by atoms with Crippen molar-refractivity contribution < 1.29 is 0 Å². The van der Waals surface area contributed by atoms with Gasteiger partial charge in [0, 0.05) is 12.4 Å². The Morgan fingerprint density at radius 3 is 2.80 bits per heavy atom. The van der Waals surface area contributed by atoms with Crippen LogP contribution in [0, 0.1) is 6.20 Å². The molecule has 2 heteroatoms. The number of nitrogens with zero attached hydrogens (tertiary/aromatic N) is 2. The van der Waals surface area contributed by atoms with Crippen LogP contribution in [-0.2, 0) is 0 Å². The molecule has 0 spiro atoms.